The van der Waals surface area contributed by atoms with E-state index < -0.39 is 0 Å². The molecule has 1 heterocycles. The molecule has 0 bridgehead atoms. The Morgan fingerprint density at radius 3 is 2.41 bits per heavy atom. The van der Waals surface area contributed by atoms with Crippen LogP contribution in [0.5, 0.6) is 5.75 Å². The summed E-state index contributed by atoms with van der Waals surface area (Å²) in [5, 5.41) is 8.03. The van der Waals surface area contributed by atoms with E-state index in [2.05, 4.69) is 27.7 Å². The fourth-order valence-corrected chi connectivity index (χ4v) is 4.41. The summed E-state index contributed by atoms with van der Waals surface area (Å²) >= 11 is 0. The average Bonchev–Trinajstić information content (AvgIpc) is 2.88. The quantitative estimate of drug-likeness (QED) is 0.508. The van der Waals surface area contributed by atoms with E-state index in [0.29, 0.717) is 24.6 Å². The smallest absolute Gasteiger partial charge is 0.251 e. The molecule has 6 heteroatoms. The van der Waals surface area contributed by atoms with E-state index in [1.54, 1.807) is 7.11 Å². The number of likely N-dealkylation sites (tertiary alicyclic amines) is 1. The summed E-state index contributed by atoms with van der Waals surface area (Å²) in [4.78, 5) is 27.1. The molecule has 34 heavy (non-hydrogen) atoms. The summed E-state index contributed by atoms with van der Waals surface area (Å²) in [7, 11) is 1.68. The zero-order valence-corrected chi connectivity index (χ0v) is 19.8. The summed E-state index contributed by atoms with van der Waals surface area (Å²) in [5.74, 6) is 1.22. The molecule has 6 nitrogen and oxygen atoms in total. The van der Waals surface area contributed by atoms with Crippen molar-refractivity contribution in [2.24, 2.45) is 5.92 Å². The van der Waals surface area contributed by atoms with Gasteiger partial charge in [-0.3, -0.25) is 14.5 Å². The number of nitrogens with one attached hydrogen (secondary N) is 2. The summed E-state index contributed by atoms with van der Waals surface area (Å²) in [6.45, 7) is 4.05. The Hall–Kier alpha value is -3.38. The Bertz CT molecular complexity index is 1110. The van der Waals surface area contributed by atoms with Gasteiger partial charge in [-0.05, 0) is 72.5 Å². The number of nitrogens with zero attached hydrogens (tertiary/aromatic N) is 1. The molecule has 0 aromatic heterocycles. The Labute approximate surface area is 201 Å². The van der Waals surface area contributed by atoms with Crippen LogP contribution >= 0.6 is 0 Å². The van der Waals surface area contributed by atoms with E-state index in [4.69, 9.17) is 4.74 Å². The molecular formula is C28H33N3O3. The molecule has 0 aliphatic carbocycles. The lowest BCUT2D eigenvalue weighted by Crippen LogP contribution is -2.39. The van der Waals surface area contributed by atoms with E-state index in [1.165, 1.54) is 5.56 Å². The van der Waals surface area contributed by atoms with Crippen molar-refractivity contribution in [2.75, 3.05) is 33.3 Å². The van der Waals surface area contributed by atoms with Crippen LogP contribution in [0.4, 0.5) is 0 Å². The SMILES string of the molecule is COc1ccc(CN2CCC(CNC(=O)CCNC(=O)c3ccc4ccccc4c3)CC2)cc1. The van der Waals surface area contributed by atoms with Crippen molar-refractivity contribution in [1.82, 2.24) is 15.5 Å². The van der Waals surface area contributed by atoms with E-state index >= 15 is 0 Å². The summed E-state index contributed by atoms with van der Waals surface area (Å²) in [6, 6.07) is 21.8. The number of methoxy groups -OCH3 is 1. The van der Waals surface area contributed by atoms with Crippen LogP contribution in [0.25, 0.3) is 10.8 Å². The van der Waals surface area contributed by atoms with Gasteiger partial charge in [0.15, 0.2) is 0 Å². The molecule has 0 atom stereocenters. The molecule has 0 saturated carbocycles. The van der Waals surface area contributed by atoms with Crippen molar-refractivity contribution in [3.8, 4) is 5.75 Å². The Morgan fingerprint density at radius 2 is 1.68 bits per heavy atom. The first-order valence-electron chi connectivity index (χ1n) is 12.0. The molecule has 1 aliphatic rings. The lowest BCUT2D eigenvalue weighted by molar-refractivity contribution is -0.121. The maximum absolute atomic E-state index is 12.4. The van der Waals surface area contributed by atoms with Crippen LogP contribution in [-0.4, -0.2) is 50.0 Å². The predicted molar refractivity (Wildman–Crippen MR) is 135 cm³/mol. The van der Waals surface area contributed by atoms with E-state index in [1.807, 2.05) is 54.6 Å². The second-order valence-corrected chi connectivity index (χ2v) is 8.94. The molecule has 0 unspecified atom stereocenters. The Balaban J connectivity index is 1.12. The third kappa shape index (κ3) is 6.58. The highest BCUT2D eigenvalue weighted by Gasteiger charge is 2.20. The molecule has 1 saturated heterocycles. The zero-order chi connectivity index (χ0) is 23.8. The number of rotatable bonds is 9. The molecule has 3 aromatic rings. The molecular weight excluding hydrogens is 426 g/mol. The van der Waals surface area contributed by atoms with Gasteiger partial charge in [0.25, 0.3) is 5.91 Å². The monoisotopic (exact) mass is 459 g/mol. The second kappa shape index (κ2) is 11.7. The highest BCUT2D eigenvalue weighted by molar-refractivity contribution is 5.98. The van der Waals surface area contributed by atoms with E-state index in [-0.39, 0.29) is 18.2 Å². The third-order valence-electron chi connectivity index (χ3n) is 6.51. The van der Waals surface area contributed by atoms with Crippen LogP contribution in [0.2, 0.25) is 0 Å². The maximum atomic E-state index is 12.4. The van der Waals surface area contributed by atoms with Crippen LogP contribution in [0, 0.1) is 5.92 Å². The molecule has 0 spiro atoms. The van der Waals surface area contributed by atoms with Crippen molar-refractivity contribution in [3.63, 3.8) is 0 Å². The standard InChI is InChI=1S/C28H33N3O3/c1-34-26-10-6-22(7-11-26)20-31-16-13-21(14-17-31)19-30-27(32)12-15-29-28(33)25-9-8-23-4-2-3-5-24(23)18-25/h2-11,18,21H,12-17,19-20H2,1H3,(H,29,33)(H,30,32). The van der Waals surface area contributed by atoms with Gasteiger partial charge in [0, 0.05) is 31.6 Å². The minimum atomic E-state index is -0.150. The highest BCUT2D eigenvalue weighted by Crippen LogP contribution is 2.20. The average molecular weight is 460 g/mol. The molecule has 3 aromatic carbocycles. The van der Waals surface area contributed by atoms with Crippen molar-refractivity contribution in [1.29, 1.82) is 0 Å². The van der Waals surface area contributed by atoms with Gasteiger partial charge >= 0.3 is 0 Å². The fourth-order valence-electron chi connectivity index (χ4n) is 4.41. The first-order valence-corrected chi connectivity index (χ1v) is 12.0. The van der Waals surface area contributed by atoms with Crippen molar-refractivity contribution < 1.29 is 14.3 Å². The van der Waals surface area contributed by atoms with Gasteiger partial charge in [0.05, 0.1) is 7.11 Å². The van der Waals surface area contributed by atoms with E-state index in [9.17, 15) is 9.59 Å². The van der Waals surface area contributed by atoms with Crippen molar-refractivity contribution in [2.45, 2.75) is 25.8 Å². The number of fused-ring (bicyclic) bond motifs is 1. The molecule has 1 fully saturated rings. The second-order valence-electron chi connectivity index (χ2n) is 8.94. The Morgan fingerprint density at radius 1 is 0.941 bits per heavy atom. The van der Waals surface area contributed by atoms with Gasteiger partial charge in [0.2, 0.25) is 5.91 Å². The number of ether oxygens (including phenoxy) is 1. The van der Waals surface area contributed by atoms with Crippen molar-refractivity contribution >= 4 is 22.6 Å². The van der Waals surface area contributed by atoms with E-state index in [0.717, 1.165) is 49.0 Å². The summed E-state index contributed by atoms with van der Waals surface area (Å²) in [6.07, 6.45) is 2.44. The maximum Gasteiger partial charge on any atom is 0.251 e. The lowest BCUT2D eigenvalue weighted by Gasteiger charge is -2.32. The van der Waals surface area contributed by atoms with Crippen LogP contribution in [-0.2, 0) is 11.3 Å². The molecule has 0 radical (unpaired) electrons. The topological polar surface area (TPSA) is 70.7 Å². The lowest BCUT2D eigenvalue weighted by atomic mass is 9.96. The number of amides is 2. The molecule has 178 valence electrons. The zero-order valence-electron chi connectivity index (χ0n) is 19.8. The minimum absolute atomic E-state index is 0.0144. The van der Waals surface area contributed by atoms with Gasteiger partial charge < -0.3 is 15.4 Å². The molecule has 4 rings (SSSR count). The number of carbonyl (C=O) groups is 2. The fraction of sp³-hybridized carbons (Fsp3) is 0.357. The van der Waals surface area contributed by atoms with Gasteiger partial charge in [-0.1, -0.05) is 42.5 Å². The predicted octanol–water partition coefficient (Wildman–Crippen LogP) is 4.00. The van der Waals surface area contributed by atoms with Crippen LogP contribution in [0.15, 0.2) is 66.7 Å². The first kappa shape index (κ1) is 23.8. The molecule has 2 N–H and O–H groups in total. The summed E-state index contributed by atoms with van der Waals surface area (Å²) < 4.78 is 5.22. The number of hydrogen-bond acceptors (Lipinski definition) is 4. The number of piperidine rings is 1. The van der Waals surface area contributed by atoms with Gasteiger partial charge in [-0.15, -0.1) is 0 Å². The normalized spacial score (nSPS) is 14.6. The molecule has 1 aliphatic heterocycles. The van der Waals surface area contributed by atoms with Crippen LogP contribution in [0.3, 0.4) is 0 Å². The minimum Gasteiger partial charge on any atom is -0.497 e. The highest BCUT2D eigenvalue weighted by atomic mass is 16.5. The number of benzene rings is 3. The van der Waals surface area contributed by atoms with Gasteiger partial charge in [0.1, 0.15) is 5.75 Å². The van der Waals surface area contributed by atoms with Crippen LogP contribution < -0.4 is 15.4 Å². The van der Waals surface area contributed by atoms with Crippen molar-refractivity contribution in [3.05, 3.63) is 77.9 Å². The largest absolute Gasteiger partial charge is 0.497 e. The summed E-state index contributed by atoms with van der Waals surface area (Å²) in [5.41, 5.74) is 1.90. The third-order valence-corrected chi connectivity index (χ3v) is 6.51. The van der Waals surface area contributed by atoms with Gasteiger partial charge in [-0.25, -0.2) is 0 Å². The Kier molecular flexibility index (Phi) is 8.15. The van der Waals surface area contributed by atoms with Crippen LogP contribution in [0.1, 0.15) is 35.2 Å². The first-order chi connectivity index (χ1) is 16.6. The number of hydrogen-bond donors (Lipinski definition) is 2. The number of carbonyl (C=O) groups excluding carboxylic acids is 2. The molecule has 2 amide bonds. The van der Waals surface area contributed by atoms with Gasteiger partial charge in [-0.2, -0.15) is 0 Å².